The van der Waals surface area contributed by atoms with Crippen LogP contribution >= 0.6 is 0 Å². The number of nitrogens with one attached hydrogen (secondary N) is 1. The number of nitrogens with zero attached hydrogens (tertiary/aromatic N) is 1. The summed E-state index contributed by atoms with van der Waals surface area (Å²) in [4.78, 5) is 26.3. The Bertz CT molecular complexity index is 885. The Labute approximate surface area is 169 Å². The van der Waals surface area contributed by atoms with Gasteiger partial charge in [-0.15, -0.1) is 0 Å². The van der Waals surface area contributed by atoms with Gasteiger partial charge in [0.25, 0.3) is 5.91 Å². The molecular formula is C21H24N2O6. The molecule has 1 heterocycles. The SMILES string of the molecule is COc1cccc(OCC(=O)N[C@@H]2CC(=O)N(c3ccc(OC)c(OC)c3)C2)c1. The normalized spacial score (nSPS) is 15.8. The molecule has 0 aliphatic carbocycles. The first kappa shape index (κ1) is 20.3. The van der Waals surface area contributed by atoms with Crippen molar-refractivity contribution in [1.82, 2.24) is 5.32 Å². The Morgan fingerprint density at radius 1 is 1.03 bits per heavy atom. The Morgan fingerprint density at radius 2 is 1.79 bits per heavy atom. The second-order valence-corrected chi connectivity index (χ2v) is 6.48. The summed E-state index contributed by atoms with van der Waals surface area (Å²) in [5.41, 5.74) is 0.692. The minimum absolute atomic E-state index is 0.0729. The Morgan fingerprint density at radius 3 is 2.52 bits per heavy atom. The van der Waals surface area contributed by atoms with E-state index in [2.05, 4.69) is 5.32 Å². The second-order valence-electron chi connectivity index (χ2n) is 6.48. The van der Waals surface area contributed by atoms with Gasteiger partial charge in [-0.1, -0.05) is 6.07 Å². The number of ether oxygens (including phenoxy) is 4. The quantitative estimate of drug-likeness (QED) is 0.730. The summed E-state index contributed by atoms with van der Waals surface area (Å²) in [5, 5.41) is 2.85. The van der Waals surface area contributed by atoms with Crippen molar-refractivity contribution in [2.45, 2.75) is 12.5 Å². The zero-order chi connectivity index (χ0) is 20.8. The van der Waals surface area contributed by atoms with E-state index >= 15 is 0 Å². The van der Waals surface area contributed by atoms with Crippen molar-refractivity contribution in [2.75, 3.05) is 39.4 Å². The van der Waals surface area contributed by atoms with E-state index in [1.807, 2.05) is 0 Å². The van der Waals surface area contributed by atoms with Gasteiger partial charge in [-0.2, -0.15) is 0 Å². The van der Waals surface area contributed by atoms with Crippen LogP contribution in [0.1, 0.15) is 6.42 Å². The molecule has 0 bridgehead atoms. The maximum atomic E-state index is 12.4. The van der Waals surface area contributed by atoms with Gasteiger partial charge >= 0.3 is 0 Å². The van der Waals surface area contributed by atoms with E-state index in [4.69, 9.17) is 18.9 Å². The lowest BCUT2D eigenvalue weighted by Gasteiger charge is -2.19. The van der Waals surface area contributed by atoms with E-state index in [0.717, 1.165) is 0 Å². The molecule has 1 atom stereocenters. The molecule has 1 fully saturated rings. The highest BCUT2D eigenvalue weighted by atomic mass is 16.5. The van der Waals surface area contributed by atoms with Crippen molar-refractivity contribution in [3.8, 4) is 23.0 Å². The minimum atomic E-state index is -0.294. The molecule has 1 aliphatic rings. The molecule has 0 unspecified atom stereocenters. The van der Waals surface area contributed by atoms with E-state index in [9.17, 15) is 9.59 Å². The molecule has 0 aromatic heterocycles. The third-order valence-electron chi connectivity index (χ3n) is 4.58. The first-order valence-electron chi connectivity index (χ1n) is 9.12. The average molecular weight is 400 g/mol. The van der Waals surface area contributed by atoms with Gasteiger partial charge in [-0.3, -0.25) is 9.59 Å². The fraction of sp³-hybridized carbons (Fsp3) is 0.333. The third kappa shape index (κ3) is 4.90. The van der Waals surface area contributed by atoms with Crippen LogP contribution < -0.4 is 29.2 Å². The zero-order valence-electron chi connectivity index (χ0n) is 16.6. The molecule has 29 heavy (non-hydrogen) atoms. The molecule has 8 heteroatoms. The van der Waals surface area contributed by atoms with Gasteiger partial charge in [0.2, 0.25) is 5.91 Å². The first-order chi connectivity index (χ1) is 14.0. The van der Waals surface area contributed by atoms with Gasteiger partial charge in [0.15, 0.2) is 18.1 Å². The minimum Gasteiger partial charge on any atom is -0.497 e. The molecule has 0 saturated carbocycles. The fourth-order valence-corrected chi connectivity index (χ4v) is 3.16. The molecule has 8 nitrogen and oxygen atoms in total. The van der Waals surface area contributed by atoms with Gasteiger partial charge in [0.05, 0.1) is 27.4 Å². The lowest BCUT2D eigenvalue weighted by molar-refractivity contribution is -0.123. The van der Waals surface area contributed by atoms with Crippen LogP contribution in [-0.4, -0.2) is 52.3 Å². The first-order valence-corrected chi connectivity index (χ1v) is 9.12. The van der Waals surface area contributed by atoms with Gasteiger partial charge in [0, 0.05) is 30.8 Å². The van der Waals surface area contributed by atoms with Crippen LogP contribution in [0.25, 0.3) is 0 Å². The number of hydrogen-bond donors (Lipinski definition) is 1. The monoisotopic (exact) mass is 400 g/mol. The van der Waals surface area contributed by atoms with Crippen LogP contribution in [-0.2, 0) is 9.59 Å². The highest BCUT2D eigenvalue weighted by Crippen LogP contribution is 2.33. The molecule has 1 aliphatic heterocycles. The summed E-state index contributed by atoms with van der Waals surface area (Å²) < 4.78 is 21.1. The molecule has 3 rings (SSSR count). The van der Waals surface area contributed by atoms with E-state index in [-0.39, 0.29) is 30.9 Å². The second kappa shape index (κ2) is 9.18. The number of methoxy groups -OCH3 is 3. The van der Waals surface area contributed by atoms with Crippen LogP contribution in [0.2, 0.25) is 0 Å². The average Bonchev–Trinajstić information content (AvgIpc) is 3.11. The van der Waals surface area contributed by atoms with Crippen molar-refractivity contribution >= 4 is 17.5 Å². The molecule has 0 spiro atoms. The highest BCUT2D eigenvalue weighted by molar-refractivity contribution is 5.97. The van der Waals surface area contributed by atoms with Crippen LogP contribution in [0.5, 0.6) is 23.0 Å². The van der Waals surface area contributed by atoms with E-state index in [0.29, 0.717) is 35.2 Å². The smallest absolute Gasteiger partial charge is 0.258 e. The maximum Gasteiger partial charge on any atom is 0.258 e. The van der Waals surface area contributed by atoms with Gasteiger partial charge in [-0.05, 0) is 24.3 Å². The van der Waals surface area contributed by atoms with Crippen molar-refractivity contribution < 1.29 is 28.5 Å². The summed E-state index contributed by atoms with van der Waals surface area (Å²) in [7, 11) is 4.66. The predicted octanol–water partition coefficient (Wildman–Crippen LogP) is 2.01. The number of anilines is 1. The predicted molar refractivity (Wildman–Crippen MR) is 107 cm³/mol. The van der Waals surface area contributed by atoms with Crippen LogP contribution in [0.3, 0.4) is 0 Å². The van der Waals surface area contributed by atoms with E-state index in [1.54, 1.807) is 68.7 Å². The summed E-state index contributed by atoms with van der Waals surface area (Å²) in [5.74, 6) is 1.94. The van der Waals surface area contributed by atoms with Gasteiger partial charge in [0.1, 0.15) is 11.5 Å². The molecule has 154 valence electrons. The van der Waals surface area contributed by atoms with E-state index in [1.165, 1.54) is 0 Å². The van der Waals surface area contributed by atoms with Crippen LogP contribution in [0.15, 0.2) is 42.5 Å². The molecule has 2 aromatic rings. The summed E-state index contributed by atoms with van der Waals surface area (Å²) in [6.45, 7) is 0.230. The van der Waals surface area contributed by atoms with Crippen LogP contribution in [0.4, 0.5) is 5.69 Å². The fourth-order valence-electron chi connectivity index (χ4n) is 3.16. The van der Waals surface area contributed by atoms with Gasteiger partial charge in [-0.25, -0.2) is 0 Å². The number of amides is 2. The largest absolute Gasteiger partial charge is 0.497 e. The zero-order valence-corrected chi connectivity index (χ0v) is 16.6. The number of hydrogen-bond acceptors (Lipinski definition) is 6. The van der Waals surface area contributed by atoms with Crippen molar-refractivity contribution in [3.05, 3.63) is 42.5 Å². The Kier molecular flexibility index (Phi) is 6.43. The molecule has 0 radical (unpaired) electrons. The summed E-state index contributed by atoms with van der Waals surface area (Å²) >= 11 is 0. The van der Waals surface area contributed by atoms with Crippen molar-refractivity contribution in [1.29, 1.82) is 0 Å². The summed E-state index contributed by atoms with van der Waals surface area (Å²) in [6.07, 6.45) is 0.221. The molecule has 2 amide bonds. The lowest BCUT2D eigenvalue weighted by Crippen LogP contribution is -2.39. The van der Waals surface area contributed by atoms with Gasteiger partial charge < -0.3 is 29.2 Å². The third-order valence-corrected chi connectivity index (χ3v) is 4.58. The highest BCUT2D eigenvalue weighted by Gasteiger charge is 2.32. The topological polar surface area (TPSA) is 86.3 Å². The molecule has 1 saturated heterocycles. The number of benzene rings is 2. The standard InChI is InChI=1S/C21H24N2O6/c1-26-16-5-4-6-17(11-16)29-13-20(24)22-14-9-21(25)23(12-14)15-7-8-18(27-2)19(10-15)28-3/h4-8,10-11,14H,9,12-13H2,1-3H3,(H,22,24)/t14-/m1/s1. The van der Waals surface area contributed by atoms with E-state index < -0.39 is 0 Å². The summed E-state index contributed by atoms with van der Waals surface area (Å²) in [6, 6.07) is 12.0. The Balaban J connectivity index is 1.56. The van der Waals surface area contributed by atoms with Crippen molar-refractivity contribution in [2.24, 2.45) is 0 Å². The van der Waals surface area contributed by atoms with Crippen LogP contribution in [0, 0.1) is 0 Å². The number of rotatable bonds is 8. The molecule has 2 aromatic carbocycles. The lowest BCUT2D eigenvalue weighted by atomic mass is 10.2. The Hall–Kier alpha value is -3.42. The molecular weight excluding hydrogens is 376 g/mol. The molecule has 1 N–H and O–H groups in total. The maximum absolute atomic E-state index is 12.4. The number of carbonyl (C=O) groups is 2. The van der Waals surface area contributed by atoms with Crippen molar-refractivity contribution in [3.63, 3.8) is 0 Å². The number of carbonyl (C=O) groups excluding carboxylic acids is 2.